The number of ether oxygens (including phenoxy) is 1. The highest BCUT2D eigenvalue weighted by atomic mass is 16.6. The standard InChI is InChI=1S/C24H25N5O2/c1-24(2,3)31-23(30)29-12-10-28(11-13-29)20-15-19-8-5-9-26-21(19)22(27-20)18-7-4-6-17(14-18)16-25/h4-9,14-15H,10-13H2,1-3H3. The molecule has 1 amide bonds. The third kappa shape index (κ3) is 4.58. The van der Waals surface area contributed by atoms with Gasteiger partial charge in [-0.2, -0.15) is 5.26 Å². The Morgan fingerprint density at radius 3 is 2.58 bits per heavy atom. The summed E-state index contributed by atoms with van der Waals surface area (Å²) in [7, 11) is 0. The molecule has 31 heavy (non-hydrogen) atoms. The van der Waals surface area contributed by atoms with Crippen molar-refractivity contribution in [2.45, 2.75) is 26.4 Å². The summed E-state index contributed by atoms with van der Waals surface area (Å²) in [6, 6.07) is 15.6. The van der Waals surface area contributed by atoms with Gasteiger partial charge in [-0.3, -0.25) is 4.98 Å². The Kier molecular flexibility index (Phi) is 5.47. The number of rotatable bonds is 2. The first-order chi connectivity index (χ1) is 14.8. The number of nitrogens with zero attached hydrogens (tertiary/aromatic N) is 5. The first-order valence-electron chi connectivity index (χ1n) is 10.3. The maximum atomic E-state index is 12.4. The van der Waals surface area contributed by atoms with Crippen molar-refractivity contribution >= 4 is 22.8 Å². The summed E-state index contributed by atoms with van der Waals surface area (Å²) in [5.74, 6) is 0.835. The molecule has 7 heteroatoms. The minimum absolute atomic E-state index is 0.281. The van der Waals surface area contributed by atoms with Crippen molar-refractivity contribution in [1.82, 2.24) is 14.9 Å². The van der Waals surface area contributed by atoms with E-state index in [4.69, 9.17) is 9.72 Å². The minimum atomic E-state index is -0.506. The molecular weight excluding hydrogens is 390 g/mol. The molecule has 0 bridgehead atoms. The molecule has 2 aromatic heterocycles. The maximum Gasteiger partial charge on any atom is 0.410 e. The Morgan fingerprint density at radius 2 is 1.87 bits per heavy atom. The lowest BCUT2D eigenvalue weighted by atomic mass is 10.1. The number of aromatic nitrogens is 2. The lowest BCUT2D eigenvalue weighted by Gasteiger charge is -2.36. The lowest BCUT2D eigenvalue weighted by molar-refractivity contribution is 0.0240. The van der Waals surface area contributed by atoms with Gasteiger partial charge >= 0.3 is 6.09 Å². The maximum absolute atomic E-state index is 12.4. The Labute approximate surface area is 181 Å². The molecule has 0 spiro atoms. The van der Waals surface area contributed by atoms with Crippen LogP contribution in [0.15, 0.2) is 48.7 Å². The second-order valence-corrected chi connectivity index (χ2v) is 8.55. The van der Waals surface area contributed by atoms with Crippen molar-refractivity contribution in [1.29, 1.82) is 5.26 Å². The Balaban J connectivity index is 1.62. The average Bonchev–Trinajstić information content (AvgIpc) is 2.77. The van der Waals surface area contributed by atoms with Gasteiger partial charge in [-0.05, 0) is 45.0 Å². The van der Waals surface area contributed by atoms with Crippen LogP contribution in [0.2, 0.25) is 0 Å². The fourth-order valence-corrected chi connectivity index (χ4v) is 3.61. The number of nitriles is 1. The molecular formula is C24H25N5O2. The zero-order valence-corrected chi connectivity index (χ0v) is 18.0. The molecule has 1 aromatic carbocycles. The molecule has 0 saturated carbocycles. The summed E-state index contributed by atoms with van der Waals surface area (Å²) in [4.78, 5) is 25.7. The first kappa shape index (κ1) is 20.6. The summed E-state index contributed by atoms with van der Waals surface area (Å²) >= 11 is 0. The summed E-state index contributed by atoms with van der Waals surface area (Å²) in [6.45, 7) is 8.08. The van der Waals surface area contributed by atoms with E-state index in [0.29, 0.717) is 31.7 Å². The van der Waals surface area contributed by atoms with Crippen LogP contribution in [0.1, 0.15) is 26.3 Å². The van der Waals surface area contributed by atoms with Crippen LogP contribution in [0.5, 0.6) is 0 Å². The summed E-state index contributed by atoms with van der Waals surface area (Å²) in [5.41, 5.74) is 2.49. The van der Waals surface area contributed by atoms with Crippen LogP contribution >= 0.6 is 0 Å². The highest BCUT2D eigenvalue weighted by Crippen LogP contribution is 2.30. The van der Waals surface area contributed by atoms with Gasteiger partial charge in [0.25, 0.3) is 0 Å². The van der Waals surface area contributed by atoms with Gasteiger partial charge in [0.05, 0.1) is 22.8 Å². The number of anilines is 1. The third-order valence-corrected chi connectivity index (χ3v) is 5.09. The fourth-order valence-electron chi connectivity index (χ4n) is 3.61. The number of amides is 1. The van der Waals surface area contributed by atoms with Gasteiger partial charge in [0.15, 0.2) is 0 Å². The molecule has 0 aliphatic carbocycles. The minimum Gasteiger partial charge on any atom is -0.444 e. The molecule has 0 radical (unpaired) electrons. The van der Waals surface area contributed by atoms with E-state index in [1.807, 2.05) is 57.2 Å². The van der Waals surface area contributed by atoms with E-state index in [-0.39, 0.29) is 6.09 Å². The lowest BCUT2D eigenvalue weighted by Crippen LogP contribution is -2.50. The predicted molar refractivity (Wildman–Crippen MR) is 120 cm³/mol. The van der Waals surface area contributed by atoms with Crippen molar-refractivity contribution < 1.29 is 9.53 Å². The van der Waals surface area contributed by atoms with Crippen LogP contribution in [-0.4, -0.2) is 52.7 Å². The average molecular weight is 415 g/mol. The van der Waals surface area contributed by atoms with Crippen LogP contribution in [0, 0.1) is 11.3 Å². The first-order valence-corrected chi connectivity index (χ1v) is 10.3. The zero-order chi connectivity index (χ0) is 22.0. The van der Waals surface area contributed by atoms with Gasteiger partial charge < -0.3 is 14.5 Å². The second kappa shape index (κ2) is 8.23. The van der Waals surface area contributed by atoms with Gasteiger partial charge in [-0.15, -0.1) is 0 Å². The van der Waals surface area contributed by atoms with Crippen LogP contribution in [0.3, 0.4) is 0 Å². The van der Waals surface area contributed by atoms with Crippen LogP contribution in [0.25, 0.3) is 22.2 Å². The molecule has 0 unspecified atom stereocenters. The highest BCUT2D eigenvalue weighted by molar-refractivity contribution is 5.93. The topological polar surface area (TPSA) is 82.4 Å². The van der Waals surface area contributed by atoms with Crippen molar-refractivity contribution in [2.24, 2.45) is 0 Å². The molecule has 1 aliphatic rings. The molecule has 7 nitrogen and oxygen atoms in total. The number of benzene rings is 1. The molecule has 1 saturated heterocycles. The summed E-state index contributed by atoms with van der Waals surface area (Å²) < 4.78 is 5.49. The Hall–Kier alpha value is -3.66. The van der Waals surface area contributed by atoms with E-state index >= 15 is 0 Å². The zero-order valence-electron chi connectivity index (χ0n) is 18.0. The molecule has 1 aliphatic heterocycles. The van der Waals surface area contributed by atoms with E-state index in [9.17, 15) is 10.1 Å². The quantitative estimate of drug-likeness (QED) is 0.623. The molecule has 0 atom stereocenters. The van der Waals surface area contributed by atoms with Crippen molar-refractivity contribution in [3.63, 3.8) is 0 Å². The van der Waals surface area contributed by atoms with Crippen LogP contribution in [-0.2, 0) is 4.74 Å². The van der Waals surface area contributed by atoms with Gasteiger partial charge in [0.1, 0.15) is 11.4 Å². The van der Waals surface area contributed by atoms with Gasteiger partial charge in [0, 0.05) is 43.3 Å². The second-order valence-electron chi connectivity index (χ2n) is 8.55. The Morgan fingerprint density at radius 1 is 1.10 bits per heavy atom. The predicted octanol–water partition coefficient (Wildman–Crippen LogP) is 4.23. The molecule has 3 aromatic rings. The number of piperazine rings is 1. The summed E-state index contributed by atoms with van der Waals surface area (Å²) in [6.07, 6.45) is 1.47. The normalized spacial score (nSPS) is 14.4. The molecule has 4 rings (SSSR count). The van der Waals surface area contributed by atoms with Gasteiger partial charge in [0.2, 0.25) is 0 Å². The molecule has 0 N–H and O–H groups in total. The van der Waals surface area contributed by atoms with E-state index in [1.54, 1.807) is 17.2 Å². The number of pyridine rings is 2. The number of carbonyl (C=O) groups is 1. The number of fused-ring (bicyclic) bond motifs is 1. The smallest absolute Gasteiger partial charge is 0.410 e. The van der Waals surface area contributed by atoms with Gasteiger partial charge in [-0.1, -0.05) is 18.2 Å². The molecule has 1 fully saturated rings. The fraction of sp³-hybridized carbons (Fsp3) is 0.333. The third-order valence-electron chi connectivity index (χ3n) is 5.09. The van der Waals surface area contributed by atoms with Gasteiger partial charge in [-0.25, -0.2) is 9.78 Å². The largest absolute Gasteiger partial charge is 0.444 e. The van der Waals surface area contributed by atoms with E-state index in [0.717, 1.165) is 28.0 Å². The van der Waals surface area contributed by atoms with E-state index < -0.39 is 5.60 Å². The molecule has 3 heterocycles. The number of carbonyl (C=O) groups excluding carboxylic acids is 1. The van der Waals surface area contributed by atoms with E-state index in [2.05, 4.69) is 16.0 Å². The van der Waals surface area contributed by atoms with Crippen molar-refractivity contribution in [2.75, 3.05) is 31.1 Å². The van der Waals surface area contributed by atoms with Crippen molar-refractivity contribution in [3.05, 3.63) is 54.2 Å². The summed E-state index contributed by atoms with van der Waals surface area (Å²) in [5, 5.41) is 10.3. The Bertz CT molecular complexity index is 1150. The molecule has 158 valence electrons. The number of hydrogen-bond acceptors (Lipinski definition) is 6. The van der Waals surface area contributed by atoms with E-state index in [1.165, 1.54) is 0 Å². The SMILES string of the molecule is CC(C)(C)OC(=O)N1CCN(c2cc3cccnc3c(-c3cccc(C#N)c3)n2)CC1. The van der Waals surface area contributed by atoms with Crippen molar-refractivity contribution in [3.8, 4) is 17.3 Å². The monoisotopic (exact) mass is 415 g/mol. The number of hydrogen-bond donors (Lipinski definition) is 0. The van der Waals surface area contributed by atoms with Crippen LogP contribution < -0.4 is 4.90 Å². The van der Waals surface area contributed by atoms with Crippen LogP contribution in [0.4, 0.5) is 10.6 Å². The highest BCUT2D eigenvalue weighted by Gasteiger charge is 2.26.